The summed E-state index contributed by atoms with van der Waals surface area (Å²) in [6.45, 7) is 1.82. The monoisotopic (exact) mass is 212 g/mol. The molecule has 0 aromatic heterocycles. The van der Waals surface area contributed by atoms with Gasteiger partial charge in [-0.1, -0.05) is 19.3 Å². The first-order valence-corrected chi connectivity index (χ1v) is 6.62. The minimum atomic E-state index is -0.0416. The molecule has 2 aliphatic rings. The van der Waals surface area contributed by atoms with E-state index in [1.54, 1.807) is 0 Å². The second kappa shape index (κ2) is 5.86. The number of aliphatic hydroxyl groups excluding tert-OH is 1. The van der Waals surface area contributed by atoms with Crippen molar-refractivity contribution >= 4 is 0 Å². The van der Waals surface area contributed by atoms with E-state index in [0.29, 0.717) is 5.92 Å². The largest absolute Gasteiger partial charge is 0.393 e. The number of hydrogen-bond acceptors (Lipinski definition) is 2. The van der Waals surface area contributed by atoms with Crippen molar-refractivity contribution in [1.29, 1.82) is 0 Å². The highest BCUT2D eigenvalue weighted by molar-refractivity contribution is 4.76. The average molecular weight is 212 g/mol. The van der Waals surface area contributed by atoms with Crippen molar-refractivity contribution < 1.29 is 9.84 Å². The topological polar surface area (TPSA) is 29.5 Å². The molecule has 2 atom stereocenters. The Kier molecular flexibility index (Phi) is 4.45. The van der Waals surface area contributed by atoms with E-state index in [9.17, 15) is 5.11 Å². The maximum absolute atomic E-state index is 9.64. The van der Waals surface area contributed by atoms with Gasteiger partial charge in [-0.2, -0.15) is 0 Å². The van der Waals surface area contributed by atoms with Crippen LogP contribution in [0.25, 0.3) is 0 Å². The smallest absolute Gasteiger partial charge is 0.0569 e. The first-order chi connectivity index (χ1) is 7.36. The Bertz CT molecular complexity index is 175. The minimum absolute atomic E-state index is 0.0416. The fourth-order valence-corrected chi connectivity index (χ4v) is 3.02. The number of aliphatic hydroxyl groups is 1. The van der Waals surface area contributed by atoms with Crippen LogP contribution in [0.4, 0.5) is 0 Å². The summed E-state index contributed by atoms with van der Waals surface area (Å²) >= 11 is 0. The van der Waals surface area contributed by atoms with Crippen LogP contribution in [0.3, 0.4) is 0 Å². The van der Waals surface area contributed by atoms with Crippen LogP contribution in [-0.4, -0.2) is 24.4 Å². The summed E-state index contributed by atoms with van der Waals surface area (Å²) in [5.41, 5.74) is 0. The Balaban J connectivity index is 1.51. The molecule has 2 rings (SSSR count). The van der Waals surface area contributed by atoms with Crippen molar-refractivity contribution in [1.82, 2.24) is 0 Å². The third kappa shape index (κ3) is 3.46. The van der Waals surface area contributed by atoms with Gasteiger partial charge in [0.15, 0.2) is 0 Å². The maximum Gasteiger partial charge on any atom is 0.0569 e. The number of rotatable bonds is 5. The van der Waals surface area contributed by atoms with Crippen molar-refractivity contribution in [2.75, 3.05) is 13.2 Å². The zero-order chi connectivity index (χ0) is 10.5. The number of ether oxygens (including phenoxy) is 1. The van der Waals surface area contributed by atoms with E-state index in [1.165, 1.54) is 38.5 Å². The fourth-order valence-electron chi connectivity index (χ4n) is 3.02. The van der Waals surface area contributed by atoms with Crippen LogP contribution in [0.5, 0.6) is 0 Å². The summed E-state index contributed by atoms with van der Waals surface area (Å²) in [5, 5.41) is 9.64. The molecule has 88 valence electrons. The van der Waals surface area contributed by atoms with Gasteiger partial charge in [0.1, 0.15) is 0 Å². The summed E-state index contributed by atoms with van der Waals surface area (Å²) < 4.78 is 5.72. The zero-order valence-electron chi connectivity index (χ0n) is 9.66. The Morgan fingerprint density at radius 1 is 1.00 bits per heavy atom. The van der Waals surface area contributed by atoms with E-state index in [-0.39, 0.29) is 6.10 Å². The van der Waals surface area contributed by atoms with Crippen LogP contribution >= 0.6 is 0 Å². The molecule has 0 spiro atoms. The predicted molar refractivity (Wildman–Crippen MR) is 60.7 cm³/mol. The Hall–Kier alpha value is -0.0800. The van der Waals surface area contributed by atoms with Crippen molar-refractivity contribution in [3.8, 4) is 0 Å². The molecule has 0 aliphatic heterocycles. The standard InChI is InChI=1S/C13H24O2/c14-13-7-3-6-12(13)8-9-15-10-11-4-1-2-5-11/h11-14H,1-10H2. The van der Waals surface area contributed by atoms with E-state index in [4.69, 9.17) is 4.74 Å². The van der Waals surface area contributed by atoms with Crippen LogP contribution in [0, 0.1) is 11.8 Å². The molecule has 15 heavy (non-hydrogen) atoms. The minimum Gasteiger partial charge on any atom is -0.393 e. The van der Waals surface area contributed by atoms with Gasteiger partial charge in [-0.05, 0) is 43.9 Å². The van der Waals surface area contributed by atoms with Crippen molar-refractivity contribution in [3.63, 3.8) is 0 Å². The lowest BCUT2D eigenvalue weighted by atomic mass is 10.0. The number of hydrogen-bond donors (Lipinski definition) is 1. The lowest BCUT2D eigenvalue weighted by molar-refractivity contribution is 0.0655. The van der Waals surface area contributed by atoms with E-state index >= 15 is 0 Å². The third-order valence-corrected chi connectivity index (χ3v) is 4.08. The van der Waals surface area contributed by atoms with Crippen LogP contribution in [-0.2, 0) is 4.74 Å². The van der Waals surface area contributed by atoms with Gasteiger partial charge < -0.3 is 9.84 Å². The maximum atomic E-state index is 9.64. The molecule has 0 saturated heterocycles. The van der Waals surface area contributed by atoms with Gasteiger partial charge in [0.05, 0.1) is 6.10 Å². The molecule has 0 aromatic carbocycles. The summed E-state index contributed by atoms with van der Waals surface area (Å²) in [5.74, 6) is 1.35. The van der Waals surface area contributed by atoms with Gasteiger partial charge in [-0.3, -0.25) is 0 Å². The van der Waals surface area contributed by atoms with Gasteiger partial charge in [-0.25, -0.2) is 0 Å². The Morgan fingerprint density at radius 2 is 1.80 bits per heavy atom. The van der Waals surface area contributed by atoms with E-state index in [1.807, 2.05) is 0 Å². The average Bonchev–Trinajstić information content (AvgIpc) is 2.85. The molecule has 2 nitrogen and oxygen atoms in total. The molecule has 0 amide bonds. The van der Waals surface area contributed by atoms with Crippen LogP contribution in [0.1, 0.15) is 51.4 Å². The molecule has 2 saturated carbocycles. The van der Waals surface area contributed by atoms with Crippen LogP contribution in [0.2, 0.25) is 0 Å². The summed E-state index contributed by atoms with van der Waals surface area (Å²) in [6, 6.07) is 0. The molecular formula is C13H24O2. The molecule has 0 aromatic rings. The SMILES string of the molecule is OC1CCCC1CCOCC1CCCC1. The highest BCUT2D eigenvalue weighted by Gasteiger charge is 2.24. The van der Waals surface area contributed by atoms with Crippen molar-refractivity contribution in [2.45, 2.75) is 57.5 Å². The zero-order valence-corrected chi connectivity index (χ0v) is 9.66. The predicted octanol–water partition coefficient (Wildman–Crippen LogP) is 2.74. The van der Waals surface area contributed by atoms with Gasteiger partial charge in [0.2, 0.25) is 0 Å². The molecule has 2 aliphatic carbocycles. The molecule has 2 fully saturated rings. The Morgan fingerprint density at radius 3 is 2.47 bits per heavy atom. The molecular weight excluding hydrogens is 188 g/mol. The summed E-state index contributed by atoms with van der Waals surface area (Å²) in [7, 11) is 0. The van der Waals surface area contributed by atoms with Crippen LogP contribution in [0.15, 0.2) is 0 Å². The first kappa shape index (κ1) is 11.4. The van der Waals surface area contributed by atoms with E-state index in [2.05, 4.69) is 0 Å². The lowest BCUT2D eigenvalue weighted by Crippen LogP contribution is -2.16. The van der Waals surface area contributed by atoms with E-state index in [0.717, 1.165) is 32.0 Å². The molecule has 2 unspecified atom stereocenters. The molecule has 0 heterocycles. The third-order valence-electron chi connectivity index (χ3n) is 4.08. The summed E-state index contributed by atoms with van der Waals surface area (Å²) in [6.07, 6.45) is 9.96. The lowest BCUT2D eigenvalue weighted by Gasteiger charge is -2.15. The highest BCUT2D eigenvalue weighted by Crippen LogP contribution is 2.28. The normalized spacial score (nSPS) is 32.6. The van der Waals surface area contributed by atoms with Gasteiger partial charge in [0, 0.05) is 13.2 Å². The van der Waals surface area contributed by atoms with Gasteiger partial charge in [0.25, 0.3) is 0 Å². The highest BCUT2D eigenvalue weighted by atomic mass is 16.5. The van der Waals surface area contributed by atoms with Gasteiger partial charge in [-0.15, -0.1) is 0 Å². The second-order valence-corrected chi connectivity index (χ2v) is 5.27. The molecule has 0 radical (unpaired) electrons. The van der Waals surface area contributed by atoms with Crippen molar-refractivity contribution in [3.05, 3.63) is 0 Å². The second-order valence-electron chi connectivity index (χ2n) is 5.27. The quantitative estimate of drug-likeness (QED) is 0.710. The summed E-state index contributed by atoms with van der Waals surface area (Å²) in [4.78, 5) is 0. The molecule has 0 bridgehead atoms. The van der Waals surface area contributed by atoms with Gasteiger partial charge >= 0.3 is 0 Å². The van der Waals surface area contributed by atoms with Crippen LogP contribution < -0.4 is 0 Å². The van der Waals surface area contributed by atoms with E-state index < -0.39 is 0 Å². The first-order valence-electron chi connectivity index (χ1n) is 6.62. The Labute approximate surface area is 93.0 Å². The van der Waals surface area contributed by atoms with Crippen molar-refractivity contribution in [2.24, 2.45) is 11.8 Å². The molecule has 1 N–H and O–H groups in total. The fraction of sp³-hybridized carbons (Fsp3) is 1.00. The molecule has 2 heteroatoms.